The van der Waals surface area contributed by atoms with Crippen LogP contribution in [0, 0.1) is 11.3 Å². The van der Waals surface area contributed by atoms with Crippen molar-refractivity contribution in [2.24, 2.45) is 11.3 Å². The molecule has 0 bridgehead atoms. The van der Waals surface area contributed by atoms with Gasteiger partial charge in [0.15, 0.2) is 6.29 Å². The van der Waals surface area contributed by atoms with Crippen LogP contribution in [0.1, 0.15) is 33.6 Å². The van der Waals surface area contributed by atoms with Gasteiger partial charge in [0.2, 0.25) is 0 Å². The fourth-order valence-corrected chi connectivity index (χ4v) is 2.63. The van der Waals surface area contributed by atoms with Crippen LogP contribution in [0.3, 0.4) is 0 Å². The van der Waals surface area contributed by atoms with Gasteiger partial charge in [-0.1, -0.05) is 25.5 Å². The highest BCUT2D eigenvalue weighted by atomic mass is 16.7. The van der Waals surface area contributed by atoms with Crippen LogP contribution in [0.15, 0.2) is 11.6 Å². The molecule has 1 aliphatic heterocycles. The maximum Gasteiger partial charge on any atom is 0.158 e. The molecule has 2 rings (SSSR count). The Balaban J connectivity index is 1.93. The van der Waals surface area contributed by atoms with Crippen molar-refractivity contribution < 1.29 is 9.47 Å². The Morgan fingerprint density at radius 3 is 2.50 bits per heavy atom. The monoisotopic (exact) mass is 196 g/mol. The van der Waals surface area contributed by atoms with Crippen molar-refractivity contribution in [3.8, 4) is 0 Å². The summed E-state index contributed by atoms with van der Waals surface area (Å²) in [6.45, 7) is 8.37. The summed E-state index contributed by atoms with van der Waals surface area (Å²) in [5.74, 6) is 0.686. The molecule has 0 aromatic rings. The van der Waals surface area contributed by atoms with Crippen LogP contribution in [-0.4, -0.2) is 19.5 Å². The summed E-state index contributed by atoms with van der Waals surface area (Å²) in [4.78, 5) is 0. The van der Waals surface area contributed by atoms with Crippen LogP contribution in [-0.2, 0) is 9.47 Å². The van der Waals surface area contributed by atoms with Crippen LogP contribution < -0.4 is 0 Å². The normalized spacial score (nSPS) is 32.2. The largest absolute Gasteiger partial charge is 0.350 e. The number of ether oxygens (including phenoxy) is 2. The van der Waals surface area contributed by atoms with E-state index < -0.39 is 0 Å². The number of hydrogen-bond acceptors (Lipinski definition) is 2. The van der Waals surface area contributed by atoms with Crippen molar-refractivity contribution in [3.63, 3.8) is 0 Å². The van der Waals surface area contributed by atoms with E-state index in [0.29, 0.717) is 11.3 Å². The minimum Gasteiger partial charge on any atom is -0.350 e. The van der Waals surface area contributed by atoms with Gasteiger partial charge in [-0.25, -0.2) is 0 Å². The summed E-state index contributed by atoms with van der Waals surface area (Å²) in [6.07, 6.45) is 4.70. The van der Waals surface area contributed by atoms with E-state index in [2.05, 4.69) is 26.8 Å². The molecule has 0 N–H and O–H groups in total. The predicted molar refractivity (Wildman–Crippen MR) is 56.0 cm³/mol. The lowest BCUT2D eigenvalue weighted by molar-refractivity contribution is -0.0633. The third-order valence-electron chi connectivity index (χ3n) is 3.41. The Kier molecular flexibility index (Phi) is 2.67. The Morgan fingerprint density at radius 1 is 1.36 bits per heavy atom. The van der Waals surface area contributed by atoms with E-state index in [9.17, 15) is 0 Å². The Labute approximate surface area is 86.3 Å². The highest BCUT2D eigenvalue weighted by molar-refractivity contribution is 5.15. The summed E-state index contributed by atoms with van der Waals surface area (Å²) in [7, 11) is 0. The van der Waals surface area contributed by atoms with Gasteiger partial charge in [-0.15, -0.1) is 0 Å². The van der Waals surface area contributed by atoms with E-state index in [1.807, 2.05) is 0 Å². The van der Waals surface area contributed by atoms with Gasteiger partial charge in [-0.05, 0) is 24.7 Å². The van der Waals surface area contributed by atoms with E-state index in [0.717, 1.165) is 19.6 Å². The predicted octanol–water partition coefficient (Wildman–Crippen LogP) is 2.74. The molecule has 1 saturated heterocycles. The Hall–Kier alpha value is -0.340. The lowest BCUT2D eigenvalue weighted by Crippen LogP contribution is -2.23. The molecule has 2 heteroatoms. The summed E-state index contributed by atoms with van der Waals surface area (Å²) in [5, 5.41) is 0. The maximum atomic E-state index is 5.50. The number of hydrogen-bond donors (Lipinski definition) is 0. The van der Waals surface area contributed by atoms with Gasteiger partial charge in [-0.2, -0.15) is 0 Å². The van der Waals surface area contributed by atoms with Gasteiger partial charge < -0.3 is 9.47 Å². The molecule has 1 fully saturated rings. The summed E-state index contributed by atoms with van der Waals surface area (Å²) in [6, 6.07) is 0. The first kappa shape index (κ1) is 10.2. The van der Waals surface area contributed by atoms with E-state index in [1.54, 1.807) is 0 Å². The lowest BCUT2D eigenvalue weighted by atomic mass is 9.80. The molecule has 0 aromatic heterocycles. The topological polar surface area (TPSA) is 18.5 Å². The highest BCUT2D eigenvalue weighted by Gasteiger charge is 2.35. The van der Waals surface area contributed by atoms with Gasteiger partial charge >= 0.3 is 0 Å². The average molecular weight is 196 g/mol. The van der Waals surface area contributed by atoms with Crippen LogP contribution in [0.4, 0.5) is 0 Å². The zero-order chi connectivity index (χ0) is 10.2. The standard InChI is InChI=1S/C12H20O2/c1-9-6-10(12(2,3)8-9)7-11-13-4-5-14-11/h8,10-11H,4-7H2,1-3H3/t10-/m1/s1. The van der Waals surface area contributed by atoms with E-state index in [1.165, 1.54) is 12.0 Å². The number of allylic oxidation sites excluding steroid dienone is 2. The second-order valence-corrected chi connectivity index (χ2v) is 5.12. The van der Waals surface area contributed by atoms with Gasteiger partial charge in [0.05, 0.1) is 13.2 Å². The first-order chi connectivity index (χ1) is 6.58. The van der Waals surface area contributed by atoms with Crippen molar-refractivity contribution in [3.05, 3.63) is 11.6 Å². The zero-order valence-electron chi connectivity index (χ0n) is 9.38. The van der Waals surface area contributed by atoms with Crippen LogP contribution in [0.2, 0.25) is 0 Å². The molecular weight excluding hydrogens is 176 g/mol. The van der Waals surface area contributed by atoms with Crippen LogP contribution >= 0.6 is 0 Å². The highest BCUT2D eigenvalue weighted by Crippen LogP contribution is 2.43. The SMILES string of the molecule is CC1=CC(C)(C)[C@@H](CC2OCCO2)C1. The molecule has 2 nitrogen and oxygen atoms in total. The first-order valence-electron chi connectivity index (χ1n) is 5.49. The van der Waals surface area contributed by atoms with Crippen molar-refractivity contribution in [1.29, 1.82) is 0 Å². The first-order valence-corrected chi connectivity index (χ1v) is 5.49. The summed E-state index contributed by atoms with van der Waals surface area (Å²) >= 11 is 0. The summed E-state index contributed by atoms with van der Waals surface area (Å²) in [5.41, 5.74) is 1.83. The van der Waals surface area contributed by atoms with E-state index >= 15 is 0 Å². The van der Waals surface area contributed by atoms with Gasteiger partial charge in [0.1, 0.15) is 0 Å². The second-order valence-electron chi connectivity index (χ2n) is 5.12. The molecule has 1 heterocycles. The fourth-order valence-electron chi connectivity index (χ4n) is 2.63. The molecule has 0 radical (unpaired) electrons. The smallest absolute Gasteiger partial charge is 0.158 e. The van der Waals surface area contributed by atoms with Crippen LogP contribution in [0.25, 0.3) is 0 Å². The van der Waals surface area contributed by atoms with Gasteiger partial charge in [0, 0.05) is 6.42 Å². The molecule has 1 atom stereocenters. The van der Waals surface area contributed by atoms with E-state index in [4.69, 9.17) is 9.47 Å². The molecular formula is C12H20O2. The quantitative estimate of drug-likeness (QED) is 0.632. The van der Waals surface area contributed by atoms with Gasteiger partial charge in [-0.3, -0.25) is 0 Å². The van der Waals surface area contributed by atoms with Gasteiger partial charge in [0.25, 0.3) is 0 Å². The second kappa shape index (κ2) is 3.67. The molecule has 2 aliphatic rings. The minimum absolute atomic E-state index is 0.0542. The Bertz CT molecular complexity index is 237. The average Bonchev–Trinajstić information content (AvgIpc) is 2.61. The third kappa shape index (κ3) is 2.01. The van der Waals surface area contributed by atoms with Crippen molar-refractivity contribution in [2.45, 2.75) is 39.9 Å². The molecule has 0 unspecified atom stereocenters. The zero-order valence-corrected chi connectivity index (χ0v) is 9.38. The van der Waals surface area contributed by atoms with E-state index in [-0.39, 0.29) is 6.29 Å². The molecule has 1 aliphatic carbocycles. The van der Waals surface area contributed by atoms with Crippen molar-refractivity contribution in [2.75, 3.05) is 13.2 Å². The maximum absolute atomic E-state index is 5.50. The molecule has 0 spiro atoms. The molecule has 0 saturated carbocycles. The minimum atomic E-state index is 0.0542. The molecule has 14 heavy (non-hydrogen) atoms. The molecule has 80 valence electrons. The fraction of sp³-hybridized carbons (Fsp3) is 0.833. The number of rotatable bonds is 2. The third-order valence-corrected chi connectivity index (χ3v) is 3.41. The van der Waals surface area contributed by atoms with Crippen LogP contribution in [0.5, 0.6) is 0 Å². The molecule has 0 amide bonds. The Morgan fingerprint density at radius 2 is 2.00 bits per heavy atom. The molecule has 0 aromatic carbocycles. The van der Waals surface area contributed by atoms with Crippen molar-refractivity contribution >= 4 is 0 Å². The van der Waals surface area contributed by atoms with Crippen molar-refractivity contribution in [1.82, 2.24) is 0 Å². The lowest BCUT2D eigenvalue weighted by Gasteiger charge is -2.27. The summed E-state index contributed by atoms with van der Waals surface area (Å²) < 4.78 is 11.0.